The highest BCUT2D eigenvalue weighted by Gasteiger charge is 2.49. The molecule has 1 amide bonds. The van der Waals surface area contributed by atoms with E-state index in [2.05, 4.69) is 16.3 Å². The van der Waals surface area contributed by atoms with Crippen molar-refractivity contribution in [2.75, 3.05) is 13.1 Å². The van der Waals surface area contributed by atoms with Crippen LogP contribution in [0.4, 0.5) is 0 Å². The molecule has 5 rings (SSSR count). The zero-order valence-corrected chi connectivity index (χ0v) is 28.0. The van der Waals surface area contributed by atoms with E-state index in [1.165, 1.54) is 18.3 Å². The molecule has 0 spiro atoms. The molecular formula is C33H38Cl2N4O3S. The van der Waals surface area contributed by atoms with Crippen molar-refractivity contribution in [3.05, 3.63) is 85.8 Å². The van der Waals surface area contributed by atoms with Crippen LogP contribution in [0.25, 0.3) is 10.2 Å². The van der Waals surface area contributed by atoms with Gasteiger partial charge in [-0.2, -0.15) is 10.4 Å². The van der Waals surface area contributed by atoms with E-state index in [1.54, 1.807) is 23.1 Å². The number of carbonyl (C=O) groups is 3. The Bertz CT molecular complexity index is 1540. The van der Waals surface area contributed by atoms with Gasteiger partial charge in [-0.25, -0.2) is 0 Å². The van der Waals surface area contributed by atoms with Gasteiger partial charge < -0.3 is 9.69 Å². The highest BCUT2D eigenvalue weighted by molar-refractivity contribution is 7.20. The molecule has 2 atom stereocenters. The minimum atomic E-state index is -0.646. The number of fused-ring (bicyclic) bond motifs is 1. The summed E-state index contributed by atoms with van der Waals surface area (Å²) in [4.78, 5) is 38.2. The Hall–Kier alpha value is -3.51. The Labute approximate surface area is 267 Å². The van der Waals surface area contributed by atoms with Gasteiger partial charge in [-0.05, 0) is 68.3 Å². The van der Waals surface area contributed by atoms with Crippen LogP contribution in [0, 0.1) is 30.6 Å². The molecule has 2 aromatic carbocycles. The van der Waals surface area contributed by atoms with Gasteiger partial charge in [-0.3, -0.25) is 14.7 Å². The van der Waals surface area contributed by atoms with Crippen molar-refractivity contribution in [3.8, 4) is 6.07 Å². The Morgan fingerprint density at radius 3 is 2.21 bits per heavy atom. The average molecular weight is 642 g/mol. The highest BCUT2D eigenvalue weighted by atomic mass is 35.5. The third-order valence-corrected chi connectivity index (χ3v) is 8.49. The lowest BCUT2D eigenvalue weighted by Gasteiger charge is -2.28. The highest BCUT2D eigenvalue weighted by Crippen LogP contribution is 2.45. The minimum Gasteiger partial charge on any atom is -0.336 e. The lowest BCUT2D eigenvalue weighted by Crippen LogP contribution is -2.36. The van der Waals surface area contributed by atoms with Gasteiger partial charge >= 0.3 is 0 Å². The van der Waals surface area contributed by atoms with Gasteiger partial charge in [0.1, 0.15) is 16.9 Å². The van der Waals surface area contributed by atoms with Crippen LogP contribution in [-0.4, -0.2) is 46.2 Å². The van der Waals surface area contributed by atoms with E-state index >= 15 is 0 Å². The summed E-state index contributed by atoms with van der Waals surface area (Å²) in [5, 5.41) is 18.6. The van der Waals surface area contributed by atoms with Gasteiger partial charge in [-0.15, -0.1) is 11.3 Å². The fourth-order valence-corrected chi connectivity index (χ4v) is 6.63. The quantitative estimate of drug-likeness (QED) is 0.225. The second kappa shape index (κ2) is 16.4. The van der Waals surface area contributed by atoms with Gasteiger partial charge in [-0.1, -0.05) is 63.0 Å². The first-order valence-electron chi connectivity index (χ1n) is 14.1. The van der Waals surface area contributed by atoms with Crippen LogP contribution in [0.5, 0.6) is 0 Å². The van der Waals surface area contributed by atoms with Crippen LogP contribution < -0.4 is 0 Å². The molecule has 10 heteroatoms. The number of aryl methyl sites for hydroxylation is 2. The van der Waals surface area contributed by atoms with E-state index in [-0.39, 0.29) is 17.6 Å². The molecule has 4 aromatic rings. The Balaban J connectivity index is 0.000000385. The molecule has 1 unspecified atom stereocenters. The number of thiophene rings is 1. The number of halogens is 2. The number of benzene rings is 2. The van der Waals surface area contributed by atoms with Crippen LogP contribution in [-0.2, 0) is 9.59 Å². The maximum absolute atomic E-state index is 13.2. The molecule has 3 heterocycles. The Kier molecular flexibility index (Phi) is 13.6. The summed E-state index contributed by atoms with van der Waals surface area (Å²) in [6.07, 6.45) is 1.18. The van der Waals surface area contributed by atoms with E-state index in [4.69, 9.17) is 33.3 Å². The summed E-state index contributed by atoms with van der Waals surface area (Å²) in [5.41, 5.74) is 2.96. The standard InChI is InChI=1S/C22H22N4O2S.C7H6Cl2.C2H4O.C2H6/c1-4-19(27)22(3)12-26(11-17(22)15-7-5-14(10-23)6-8-15)21(28)18-9-16-13(2)24-25-20(16)29-18;1-5-2-6(8)4-7(9)3-5;1-2-3;1-2/h5-9,17H,4,11-12H2,1-3H3,(H,24,25);2-4H,1H3;2H,1H3;1-2H3/t17?,22-;;;/m0.../s1. The molecule has 1 fully saturated rings. The topological polar surface area (TPSA) is 107 Å². The number of aldehydes is 1. The molecule has 0 radical (unpaired) electrons. The number of amides is 1. The number of ketones is 1. The van der Waals surface area contributed by atoms with Gasteiger partial charge in [0.2, 0.25) is 0 Å². The number of Topliss-reactive ketones (excluding diaryl/α,β-unsaturated/α-hetero) is 1. The maximum Gasteiger partial charge on any atom is 0.264 e. The zero-order valence-electron chi connectivity index (χ0n) is 25.6. The number of aromatic nitrogens is 2. The molecular weight excluding hydrogens is 603 g/mol. The van der Waals surface area contributed by atoms with Crippen LogP contribution in [0.15, 0.2) is 48.5 Å². The van der Waals surface area contributed by atoms with Gasteiger partial charge in [0, 0.05) is 46.6 Å². The second-order valence-corrected chi connectivity index (χ2v) is 11.9. The molecule has 1 aliphatic rings. The van der Waals surface area contributed by atoms with Crippen LogP contribution >= 0.6 is 34.5 Å². The number of H-pyrrole nitrogens is 1. The maximum atomic E-state index is 13.2. The number of nitrogens with zero attached hydrogens (tertiary/aromatic N) is 3. The van der Waals surface area contributed by atoms with Crippen molar-refractivity contribution >= 4 is 62.7 Å². The van der Waals surface area contributed by atoms with Crippen molar-refractivity contribution in [3.63, 3.8) is 0 Å². The monoisotopic (exact) mass is 640 g/mol. The Morgan fingerprint density at radius 1 is 1.14 bits per heavy atom. The number of aromatic amines is 1. The van der Waals surface area contributed by atoms with Crippen molar-refractivity contribution in [2.24, 2.45) is 5.41 Å². The lowest BCUT2D eigenvalue weighted by atomic mass is 9.72. The van der Waals surface area contributed by atoms with Gasteiger partial charge in [0.25, 0.3) is 5.91 Å². The number of rotatable bonds is 4. The third-order valence-electron chi connectivity index (χ3n) is 7.04. The molecule has 0 saturated carbocycles. The summed E-state index contributed by atoms with van der Waals surface area (Å²) in [6.45, 7) is 14.0. The van der Waals surface area contributed by atoms with E-state index < -0.39 is 5.41 Å². The molecule has 2 aromatic heterocycles. The zero-order chi connectivity index (χ0) is 32.3. The SMILES string of the molecule is CC.CC=O.CCC(=O)[C@@]1(C)CN(C(=O)c2cc3c(C)[nH]nc3s2)CC1c1ccc(C#N)cc1.Cc1cc(Cl)cc(Cl)c1. The molecule has 228 valence electrons. The summed E-state index contributed by atoms with van der Waals surface area (Å²) in [7, 11) is 0. The predicted molar refractivity (Wildman–Crippen MR) is 176 cm³/mol. The molecule has 0 aliphatic carbocycles. The van der Waals surface area contributed by atoms with Crippen molar-refractivity contribution < 1.29 is 14.4 Å². The first kappa shape index (κ1) is 35.7. The predicted octanol–water partition coefficient (Wildman–Crippen LogP) is 8.56. The first-order chi connectivity index (χ1) is 20.5. The minimum absolute atomic E-state index is 0.0568. The molecule has 0 bridgehead atoms. The molecule has 1 N–H and O–H groups in total. The van der Waals surface area contributed by atoms with Crippen molar-refractivity contribution in [1.29, 1.82) is 5.26 Å². The number of likely N-dealkylation sites (tertiary alicyclic amines) is 1. The number of hydrogen-bond donors (Lipinski definition) is 1. The molecule has 1 saturated heterocycles. The van der Waals surface area contributed by atoms with Gasteiger partial charge in [0.05, 0.1) is 21.9 Å². The largest absolute Gasteiger partial charge is 0.336 e. The number of hydrogen-bond acceptors (Lipinski definition) is 6. The van der Waals surface area contributed by atoms with E-state index in [0.29, 0.717) is 40.0 Å². The normalized spacial score (nSPS) is 16.9. The summed E-state index contributed by atoms with van der Waals surface area (Å²) in [6, 6.07) is 16.8. The third kappa shape index (κ3) is 8.76. The molecule has 1 aliphatic heterocycles. The van der Waals surface area contributed by atoms with E-state index in [1.807, 2.05) is 71.9 Å². The van der Waals surface area contributed by atoms with Crippen molar-refractivity contribution in [2.45, 2.75) is 60.8 Å². The molecule has 7 nitrogen and oxygen atoms in total. The number of carbonyl (C=O) groups excluding carboxylic acids is 3. The summed E-state index contributed by atoms with van der Waals surface area (Å²) in [5.74, 6) is -0.00371. The smallest absolute Gasteiger partial charge is 0.264 e. The fourth-order valence-electron chi connectivity index (χ4n) is 4.98. The number of nitrogens with one attached hydrogen (secondary N) is 1. The number of nitriles is 1. The van der Waals surface area contributed by atoms with Crippen LogP contribution in [0.2, 0.25) is 10.0 Å². The van der Waals surface area contributed by atoms with E-state index in [0.717, 1.165) is 33.3 Å². The first-order valence-corrected chi connectivity index (χ1v) is 15.6. The lowest BCUT2D eigenvalue weighted by molar-refractivity contribution is -0.127. The second-order valence-electron chi connectivity index (χ2n) is 10.0. The summed E-state index contributed by atoms with van der Waals surface area (Å²) >= 11 is 12.7. The van der Waals surface area contributed by atoms with Crippen LogP contribution in [0.3, 0.4) is 0 Å². The Morgan fingerprint density at radius 2 is 1.72 bits per heavy atom. The van der Waals surface area contributed by atoms with Gasteiger partial charge in [0.15, 0.2) is 0 Å². The van der Waals surface area contributed by atoms with E-state index in [9.17, 15) is 9.59 Å². The summed E-state index contributed by atoms with van der Waals surface area (Å²) < 4.78 is 0. The average Bonchev–Trinajstić information content (AvgIpc) is 3.68. The van der Waals surface area contributed by atoms with Crippen LogP contribution in [0.1, 0.15) is 79.0 Å². The van der Waals surface area contributed by atoms with Crippen molar-refractivity contribution in [1.82, 2.24) is 15.1 Å². The molecule has 43 heavy (non-hydrogen) atoms. The fraction of sp³-hybridized carbons (Fsp3) is 0.364.